The molecule has 0 spiro atoms. The molecule has 284 valence electrons. The molecule has 2 aromatic carbocycles. The van der Waals surface area contributed by atoms with Gasteiger partial charge in [0, 0.05) is 49.2 Å². The van der Waals surface area contributed by atoms with Crippen molar-refractivity contribution in [2.75, 3.05) is 22.9 Å². The molecule has 1 N–H and O–H groups in total. The first kappa shape index (κ1) is 39.1. The quantitative estimate of drug-likeness (QED) is 0.0780. The molecule has 53 heavy (non-hydrogen) atoms. The molecule has 0 radical (unpaired) electrons. The van der Waals surface area contributed by atoms with Gasteiger partial charge in [0.15, 0.2) is 5.82 Å². The molecule has 2 aromatic heterocycles. The van der Waals surface area contributed by atoms with E-state index in [4.69, 9.17) is 4.74 Å². The summed E-state index contributed by atoms with van der Waals surface area (Å²) in [6.45, 7) is 3.15. The van der Waals surface area contributed by atoms with Crippen LogP contribution in [-0.4, -0.2) is 39.2 Å². The van der Waals surface area contributed by atoms with E-state index < -0.39 is 59.5 Å². The maximum absolute atomic E-state index is 14.5. The number of hydrogen-bond acceptors (Lipinski definition) is 7. The number of aromatic nitrogens is 4. The predicted octanol–water partition coefficient (Wildman–Crippen LogP) is 9.41. The maximum atomic E-state index is 14.5. The smallest absolute Gasteiger partial charge is 0.433 e. The van der Waals surface area contributed by atoms with Crippen molar-refractivity contribution in [3.63, 3.8) is 0 Å². The zero-order valence-electron chi connectivity index (χ0n) is 28.5. The summed E-state index contributed by atoms with van der Waals surface area (Å²) in [5.41, 5.74) is -4.29. The summed E-state index contributed by atoms with van der Waals surface area (Å²) in [4.78, 5) is 23.5. The Hall–Kier alpha value is -5.09. The Kier molecular flexibility index (Phi) is 11.7. The van der Waals surface area contributed by atoms with Gasteiger partial charge in [-0.1, -0.05) is 37.3 Å². The van der Waals surface area contributed by atoms with E-state index in [0.29, 0.717) is 31.6 Å². The first-order valence-electron chi connectivity index (χ1n) is 16.6. The van der Waals surface area contributed by atoms with E-state index in [-0.39, 0.29) is 41.5 Å². The number of H-pyrrole nitrogens is 1. The van der Waals surface area contributed by atoms with Gasteiger partial charge in [0.1, 0.15) is 12.3 Å². The maximum Gasteiger partial charge on any atom is 0.433 e. The molecule has 4 aromatic rings. The minimum Gasteiger partial charge on any atom is -0.458 e. The van der Waals surface area contributed by atoms with Crippen molar-refractivity contribution in [2.24, 2.45) is 5.92 Å². The number of aromatic amines is 1. The predicted molar refractivity (Wildman–Crippen MR) is 177 cm³/mol. The second-order valence-electron chi connectivity index (χ2n) is 12.7. The lowest BCUT2D eigenvalue weighted by Gasteiger charge is -2.32. The van der Waals surface area contributed by atoms with Gasteiger partial charge in [-0.2, -0.15) is 44.6 Å². The Bertz CT molecular complexity index is 1840. The van der Waals surface area contributed by atoms with Gasteiger partial charge in [0.05, 0.1) is 17.2 Å². The number of nitrogens with one attached hydrogen (secondary N) is 1. The van der Waals surface area contributed by atoms with Crippen LogP contribution in [0.15, 0.2) is 67.0 Å². The minimum absolute atomic E-state index is 0.00411. The molecule has 1 aliphatic rings. The van der Waals surface area contributed by atoms with Crippen LogP contribution in [0, 0.1) is 5.92 Å². The van der Waals surface area contributed by atoms with Gasteiger partial charge in [0.2, 0.25) is 5.95 Å². The zero-order chi connectivity index (χ0) is 38.6. The van der Waals surface area contributed by atoms with Gasteiger partial charge in [-0.15, -0.1) is 0 Å². The first-order chi connectivity index (χ1) is 24.9. The topological polar surface area (TPSA) is 87.2 Å². The summed E-state index contributed by atoms with van der Waals surface area (Å²) in [5, 5.41) is 6.11. The Morgan fingerprint density at radius 1 is 0.925 bits per heavy atom. The lowest BCUT2D eigenvalue weighted by molar-refractivity contribution is -0.144. The van der Waals surface area contributed by atoms with Crippen LogP contribution in [0.25, 0.3) is 6.08 Å². The highest BCUT2D eigenvalue weighted by Crippen LogP contribution is 2.43. The summed E-state index contributed by atoms with van der Waals surface area (Å²) in [5.74, 6) is -0.820. The van der Waals surface area contributed by atoms with Crippen molar-refractivity contribution in [2.45, 2.75) is 70.8 Å². The third kappa shape index (κ3) is 10.3. The van der Waals surface area contributed by atoms with Crippen LogP contribution in [0.1, 0.15) is 78.2 Å². The summed E-state index contributed by atoms with van der Waals surface area (Å²) >= 11 is 0. The van der Waals surface area contributed by atoms with Gasteiger partial charge in [-0.3, -0.25) is 5.10 Å². The fourth-order valence-electron chi connectivity index (χ4n) is 5.71. The van der Waals surface area contributed by atoms with E-state index in [1.165, 1.54) is 25.4 Å². The Balaban J connectivity index is 1.54. The molecule has 1 fully saturated rings. The number of halogens is 9. The molecule has 2 heterocycles. The van der Waals surface area contributed by atoms with Crippen LogP contribution in [0.3, 0.4) is 0 Å². The number of hydrogen-bond donors (Lipinski definition) is 1. The molecule has 0 amide bonds. The molecule has 17 heteroatoms. The number of nitrogens with zero attached hydrogens (tertiary/aromatic N) is 5. The summed E-state index contributed by atoms with van der Waals surface area (Å²) < 4.78 is 132. The number of alkyl halides is 9. The normalized spacial score (nSPS) is 14.4. The second kappa shape index (κ2) is 15.9. The van der Waals surface area contributed by atoms with Crippen LogP contribution in [0.5, 0.6) is 0 Å². The van der Waals surface area contributed by atoms with Crippen molar-refractivity contribution < 1.29 is 49.0 Å². The van der Waals surface area contributed by atoms with Crippen molar-refractivity contribution >= 4 is 23.8 Å². The zero-order valence-corrected chi connectivity index (χ0v) is 28.5. The molecule has 1 saturated carbocycles. The molecule has 0 bridgehead atoms. The summed E-state index contributed by atoms with van der Waals surface area (Å²) in [6, 6.07) is 8.46. The van der Waals surface area contributed by atoms with Crippen LogP contribution in [0.2, 0.25) is 0 Å². The highest BCUT2D eigenvalue weighted by molar-refractivity contribution is 5.86. The van der Waals surface area contributed by atoms with Crippen molar-refractivity contribution in [3.05, 3.63) is 106 Å². The molecular weight excluding hydrogens is 719 g/mol. The average molecular weight is 755 g/mol. The van der Waals surface area contributed by atoms with E-state index in [2.05, 4.69) is 20.2 Å². The number of carbonyl (C=O) groups is 1. The Morgan fingerprint density at radius 3 is 2.09 bits per heavy atom. The fourth-order valence-corrected chi connectivity index (χ4v) is 5.71. The van der Waals surface area contributed by atoms with Crippen molar-refractivity contribution in [1.82, 2.24) is 20.2 Å². The van der Waals surface area contributed by atoms with E-state index in [1.54, 1.807) is 35.2 Å². The minimum atomic E-state index is -5.16. The highest BCUT2D eigenvalue weighted by atomic mass is 19.4. The highest BCUT2D eigenvalue weighted by Gasteiger charge is 2.42. The van der Waals surface area contributed by atoms with Crippen LogP contribution in [0.4, 0.5) is 51.3 Å². The van der Waals surface area contributed by atoms with Gasteiger partial charge < -0.3 is 14.5 Å². The first-order valence-corrected chi connectivity index (χ1v) is 16.6. The SMILES string of the molecule is CCCN(CC1CC1)c1n[nH]c(C(F)(F)F)c1C(C)N(Cc1cc(C(F)(F)F)cc(C(F)(F)F)c1)c1ncc(C=CC(=O)OCc2ccccc2)cn1. The molecular formula is C36H35F9N6O2. The number of ether oxygens (including phenoxy) is 1. The Labute approximate surface area is 298 Å². The van der Waals surface area contributed by atoms with Crippen LogP contribution < -0.4 is 9.80 Å². The second-order valence-corrected chi connectivity index (χ2v) is 12.7. The standard InChI is InChI=1S/C36H35F9N6O2/c1-3-13-50(19-23-9-10-23)32-30(31(48-49-32)36(43,44)45)22(2)51(20-26-14-27(34(37,38)39)16-28(15-26)35(40,41)42)33-46-17-25(18-47-33)11-12-29(52)53-21-24-7-5-4-6-8-24/h4-8,11-12,14-18,22-23H,3,9-10,13,19-21H2,1-2H3,(H,48,49). The number of carbonyl (C=O) groups excluding carboxylic acids is 1. The van der Waals surface area contributed by atoms with E-state index in [0.717, 1.165) is 29.4 Å². The third-order valence-electron chi connectivity index (χ3n) is 8.47. The number of rotatable bonds is 14. The number of esters is 1. The third-order valence-corrected chi connectivity index (χ3v) is 8.47. The van der Waals surface area contributed by atoms with Gasteiger partial charge in [-0.25, -0.2) is 14.8 Å². The molecule has 0 aliphatic heterocycles. The molecule has 0 saturated heterocycles. The van der Waals surface area contributed by atoms with Gasteiger partial charge >= 0.3 is 24.5 Å². The molecule has 1 aliphatic carbocycles. The molecule has 8 nitrogen and oxygen atoms in total. The number of anilines is 2. The summed E-state index contributed by atoms with van der Waals surface area (Å²) in [7, 11) is 0. The average Bonchev–Trinajstić information content (AvgIpc) is 3.80. The lowest BCUT2D eigenvalue weighted by Crippen LogP contribution is -2.33. The lowest BCUT2D eigenvalue weighted by atomic mass is 10.0. The van der Waals surface area contributed by atoms with Crippen molar-refractivity contribution in [1.29, 1.82) is 0 Å². The van der Waals surface area contributed by atoms with Gasteiger partial charge in [0.25, 0.3) is 0 Å². The number of benzene rings is 2. The monoisotopic (exact) mass is 754 g/mol. The van der Waals surface area contributed by atoms with Crippen molar-refractivity contribution in [3.8, 4) is 0 Å². The van der Waals surface area contributed by atoms with E-state index in [1.807, 2.05) is 6.92 Å². The van der Waals surface area contributed by atoms with E-state index >= 15 is 0 Å². The van der Waals surface area contributed by atoms with Gasteiger partial charge in [-0.05, 0) is 67.5 Å². The molecule has 1 unspecified atom stereocenters. The van der Waals surface area contributed by atoms with E-state index in [9.17, 15) is 44.3 Å². The largest absolute Gasteiger partial charge is 0.458 e. The fraction of sp³-hybridized carbons (Fsp3) is 0.389. The van der Waals surface area contributed by atoms with Crippen LogP contribution >= 0.6 is 0 Å². The Morgan fingerprint density at radius 2 is 1.55 bits per heavy atom. The summed E-state index contributed by atoms with van der Waals surface area (Å²) in [6.07, 6.45) is -8.16. The molecule has 5 rings (SSSR count). The molecule has 1 atom stereocenters. The van der Waals surface area contributed by atoms with Crippen LogP contribution in [-0.2, 0) is 41.2 Å².